The number of sulfonamides is 1. The van der Waals surface area contributed by atoms with E-state index in [0.717, 1.165) is 23.8 Å². The molecule has 6 nitrogen and oxygen atoms in total. The predicted octanol–water partition coefficient (Wildman–Crippen LogP) is 3.57. The maximum atomic E-state index is 13.1. The fourth-order valence-corrected chi connectivity index (χ4v) is 4.48. The highest BCUT2D eigenvalue weighted by Crippen LogP contribution is 2.22. The van der Waals surface area contributed by atoms with Crippen LogP contribution in [0, 0.1) is 12.8 Å². The summed E-state index contributed by atoms with van der Waals surface area (Å²) in [4.78, 5) is 0.263. The highest BCUT2D eigenvalue weighted by atomic mass is 32.2. The first kappa shape index (κ1) is 22.4. The second-order valence-corrected chi connectivity index (χ2v) is 10.8. The zero-order valence-electron chi connectivity index (χ0n) is 16.6. The van der Waals surface area contributed by atoms with Gasteiger partial charge in [0.2, 0.25) is 10.0 Å². The number of aryl methyl sites for hydroxylation is 1. The van der Waals surface area contributed by atoms with Gasteiger partial charge in [0.25, 0.3) is 0 Å². The van der Waals surface area contributed by atoms with Crippen LogP contribution in [-0.4, -0.2) is 33.9 Å². The van der Waals surface area contributed by atoms with E-state index in [-0.39, 0.29) is 17.2 Å². The maximum Gasteiger partial charge on any atom is 0.306 e. The maximum absolute atomic E-state index is 13.1. The first-order valence-corrected chi connectivity index (χ1v) is 12.3. The van der Waals surface area contributed by atoms with Gasteiger partial charge in [-0.2, -0.15) is 12.7 Å². The molecule has 0 bridgehead atoms. The van der Waals surface area contributed by atoms with Crippen molar-refractivity contribution in [2.75, 3.05) is 12.8 Å². The zero-order chi connectivity index (χ0) is 20.9. The second-order valence-electron chi connectivity index (χ2n) is 7.27. The lowest BCUT2D eigenvalue weighted by Gasteiger charge is -2.23. The third-order valence-electron chi connectivity index (χ3n) is 4.14. The van der Waals surface area contributed by atoms with Crippen molar-refractivity contribution < 1.29 is 21.0 Å². The van der Waals surface area contributed by atoms with E-state index in [1.54, 1.807) is 36.4 Å². The minimum Gasteiger partial charge on any atom is -0.383 e. The van der Waals surface area contributed by atoms with Crippen molar-refractivity contribution in [1.82, 2.24) is 4.31 Å². The minimum absolute atomic E-state index is 0.196. The summed E-state index contributed by atoms with van der Waals surface area (Å²) in [5.74, 6) is 0.558. The molecular formula is C20H27NO5S2. The molecule has 0 saturated carbocycles. The Balaban J connectivity index is 2.26. The lowest BCUT2D eigenvalue weighted by Crippen LogP contribution is -2.32. The van der Waals surface area contributed by atoms with E-state index in [0.29, 0.717) is 12.5 Å². The molecule has 2 rings (SSSR count). The van der Waals surface area contributed by atoms with Crippen LogP contribution in [0.2, 0.25) is 0 Å². The Morgan fingerprint density at radius 3 is 2.00 bits per heavy atom. The average Bonchev–Trinajstić information content (AvgIpc) is 2.58. The van der Waals surface area contributed by atoms with Gasteiger partial charge in [0.05, 0.1) is 11.2 Å². The van der Waals surface area contributed by atoms with Gasteiger partial charge in [0.1, 0.15) is 5.75 Å². The van der Waals surface area contributed by atoms with Gasteiger partial charge >= 0.3 is 10.1 Å². The van der Waals surface area contributed by atoms with Crippen molar-refractivity contribution in [3.63, 3.8) is 0 Å². The van der Waals surface area contributed by atoms with Gasteiger partial charge in [-0.1, -0.05) is 43.7 Å². The normalized spacial score (nSPS) is 12.5. The Kier molecular flexibility index (Phi) is 7.25. The summed E-state index contributed by atoms with van der Waals surface area (Å²) in [6, 6.07) is 13.2. The van der Waals surface area contributed by atoms with E-state index in [1.165, 1.54) is 16.4 Å². The number of hydrogen-bond donors (Lipinski definition) is 0. The van der Waals surface area contributed by atoms with Crippen LogP contribution in [0.25, 0.3) is 0 Å². The SMILES string of the molecule is Cc1ccc(S(=O)(=O)N(CCC(C)C)Cc2ccc(OS(C)(=O)=O)cc2)cc1. The zero-order valence-corrected chi connectivity index (χ0v) is 18.3. The molecule has 0 unspecified atom stereocenters. The van der Waals surface area contributed by atoms with Crippen molar-refractivity contribution in [1.29, 1.82) is 0 Å². The Bertz CT molecular complexity index is 980. The molecule has 8 heteroatoms. The number of rotatable bonds is 9. The molecule has 28 heavy (non-hydrogen) atoms. The largest absolute Gasteiger partial charge is 0.383 e. The van der Waals surface area contributed by atoms with Crippen LogP contribution >= 0.6 is 0 Å². The van der Waals surface area contributed by atoms with Crippen LogP contribution in [0.5, 0.6) is 5.75 Å². The second kappa shape index (κ2) is 9.07. The highest BCUT2D eigenvalue weighted by molar-refractivity contribution is 7.89. The number of nitrogens with zero attached hydrogens (tertiary/aromatic N) is 1. The molecule has 0 radical (unpaired) electrons. The van der Waals surface area contributed by atoms with Crippen molar-refractivity contribution in [3.05, 3.63) is 59.7 Å². The summed E-state index contributed by atoms with van der Waals surface area (Å²) in [5.41, 5.74) is 1.74. The molecule has 0 spiro atoms. The van der Waals surface area contributed by atoms with Crippen molar-refractivity contribution in [2.24, 2.45) is 5.92 Å². The van der Waals surface area contributed by atoms with Crippen LogP contribution in [0.15, 0.2) is 53.4 Å². The summed E-state index contributed by atoms with van der Waals surface area (Å²) in [6.07, 6.45) is 1.71. The summed E-state index contributed by atoms with van der Waals surface area (Å²) in [6.45, 7) is 6.60. The van der Waals surface area contributed by atoms with E-state index in [1.807, 2.05) is 20.8 Å². The van der Waals surface area contributed by atoms with E-state index in [9.17, 15) is 16.8 Å². The summed E-state index contributed by atoms with van der Waals surface area (Å²) in [7, 11) is -7.24. The van der Waals surface area contributed by atoms with Gasteiger partial charge < -0.3 is 4.18 Å². The fraction of sp³-hybridized carbons (Fsp3) is 0.400. The molecule has 0 amide bonds. The molecule has 0 heterocycles. The molecule has 0 aliphatic heterocycles. The van der Waals surface area contributed by atoms with Crippen LogP contribution in [0.4, 0.5) is 0 Å². The highest BCUT2D eigenvalue weighted by Gasteiger charge is 2.24. The molecule has 0 fully saturated rings. The van der Waals surface area contributed by atoms with Crippen LogP contribution in [-0.2, 0) is 26.7 Å². The first-order valence-electron chi connectivity index (χ1n) is 9.02. The quantitative estimate of drug-likeness (QED) is 0.574. The van der Waals surface area contributed by atoms with Crippen molar-refractivity contribution >= 4 is 20.1 Å². The van der Waals surface area contributed by atoms with Crippen molar-refractivity contribution in [3.8, 4) is 5.75 Å². The molecule has 0 aliphatic rings. The van der Waals surface area contributed by atoms with Gasteiger partial charge in [-0.3, -0.25) is 0 Å². The van der Waals surface area contributed by atoms with E-state index < -0.39 is 20.1 Å². The Labute approximate surface area is 168 Å². The van der Waals surface area contributed by atoms with E-state index >= 15 is 0 Å². The van der Waals surface area contributed by atoms with Gasteiger partial charge in [-0.25, -0.2) is 8.42 Å². The molecule has 0 atom stereocenters. The molecule has 2 aromatic rings. The summed E-state index contributed by atoms with van der Waals surface area (Å²) in [5, 5.41) is 0. The van der Waals surface area contributed by atoms with E-state index in [4.69, 9.17) is 4.18 Å². The predicted molar refractivity (Wildman–Crippen MR) is 110 cm³/mol. The third-order valence-corrected chi connectivity index (χ3v) is 6.50. The molecule has 0 aliphatic carbocycles. The lowest BCUT2D eigenvalue weighted by molar-refractivity contribution is 0.375. The number of hydrogen-bond acceptors (Lipinski definition) is 5. The molecular weight excluding hydrogens is 398 g/mol. The number of benzene rings is 2. The fourth-order valence-electron chi connectivity index (χ4n) is 2.57. The lowest BCUT2D eigenvalue weighted by atomic mass is 10.1. The molecule has 154 valence electrons. The summed E-state index contributed by atoms with van der Waals surface area (Å²) >= 11 is 0. The topological polar surface area (TPSA) is 80.8 Å². The first-order chi connectivity index (χ1) is 13.0. The van der Waals surface area contributed by atoms with Gasteiger partial charge in [-0.05, 0) is 49.1 Å². The Hall–Kier alpha value is -1.90. The third kappa shape index (κ3) is 6.61. The Morgan fingerprint density at radius 2 is 1.50 bits per heavy atom. The standard InChI is InChI=1S/C20H27NO5S2/c1-16(2)13-14-21(28(24,25)20-11-5-17(3)6-12-20)15-18-7-9-19(10-8-18)26-27(4,22)23/h5-12,16H,13-15H2,1-4H3. The Morgan fingerprint density at radius 1 is 0.929 bits per heavy atom. The molecule has 2 aromatic carbocycles. The average molecular weight is 426 g/mol. The smallest absolute Gasteiger partial charge is 0.306 e. The van der Waals surface area contributed by atoms with Crippen LogP contribution in [0.3, 0.4) is 0 Å². The monoisotopic (exact) mass is 425 g/mol. The summed E-state index contributed by atoms with van der Waals surface area (Å²) < 4.78 is 55.0. The molecule has 0 saturated heterocycles. The van der Waals surface area contributed by atoms with Gasteiger partial charge in [-0.15, -0.1) is 0 Å². The van der Waals surface area contributed by atoms with Gasteiger partial charge in [0.15, 0.2) is 0 Å². The molecule has 0 N–H and O–H groups in total. The van der Waals surface area contributed by atoms with Crippen LogP contribution < -0.4 is 4.18 Å². The molecule has 0 aromatic heterocycles. The van der Waals surface area contributed by atoms with Crippen LogP contribution in [0.1, 0.15) is 31.4 Å². The van der Waals surface area contributed by atoms with E-state index in [2.05, 4.69) is 0 Å². The van der Waals surface area contributed by atoms with Gasteiger partial charge in [0, 0.05) is 13.1 Å². The minimum atomic E-state index is -3.64. The van der Waals surface area contributed by atoms with Crippen molar-refractivity contribution in [2.45, 2.75) is 38.6 Å².